The van der Waals surface area contributed by atoms with Crippen LogP contribution in [0.15, 0.2) is 29.2 Å². The topological polar surface area (TPSA) is 40.5 Å². The summed E-state index contributed by atoms with van der Waals surface area (Å²) in [6.45, 7) is 3.78. The van der Waals surface area contributed by atoms with Crippen LogP contribution in [0, 0.1) is 13.8 Å². The van der Waals surface area contributed by atoms with E-state index < -0.39 is 0 Å². The zero-order valence-electron chi connectivity index (χ0n) is 12.5. The summed E-state index contributed by atoms with van der Waals surface area (Å²) in [5.74, 6) is 1.56. The Morgan fingerprint density at radius 1 is 0.950 bits per heavy atom. The Labute approximate surface area is 118 Å². The number of methoxy groups -OCH3 is 2. The zero-order chi connectivity index (χ0) is 14.9. The van der Waals surface area contributed by atoms with Crippen LogP contribution in [0.5, 0.6) is 11.5 Å². The Kier molecular flexibility index (Phi) is 3.84. The molecule has 0 unspecified atom stereocenters. The molecule has 4 heteroatoms. The smallest absolute Gasteiger partial charge is 0.253 e. The maximum absolute atomic E-state index is 11.8. The number of aryl methyl sites for hydroxylation is 3. The molecule has 0 fully saturated rings. The van der Waals surface area contributed by atoms with Gasteiger partial charge in [-0.2, -0.15) is 0 Å². The van der Waals surface area contributed by atoms with E-state index in [1.54, 1.807) is 25.8 Å². The van der Waals surface area contributed by atoms with E-state index in [1.807, 2.05) is 38.2 Å². The van der Waals surface area contributed by atoms with Crippen LogP contribution in [0.1, 0.15) is 11.1 Å². The van der Waals surface area contributed by atoms with Gasteiger partial charge >= 0.3 is 0 Å². The quantitative estimate of drug-likeness (QED) is 0.863. The van der Waals surface area contributed by atoms with E-state index in [0.29, 0.717) is 5.56 Å². The van der Waals surface area contributed by atoms with E-state index in [9.17, 15) is 4.79 Å². The maximum atomic E-state index is 11.8. The van der Waals surface area contributed by atoms with Gasteiger partial charge < -0.3 is 14.0 Å². The van der Waals surface area contributed by atoms with Crippen molar-refractivity contribution in [2.24, 2.45) is 7.05 Å². The van der Waals surface area contributed by atoms with Crippen LogP contribution < -0.4 is 15.0 Å². The van der Waals surface area contributed by atoms with Gasteiger partial charge in [-0.3, -0.25) is 4.79 Å². The second-order valence-electron chi connectivity index (χ2n) is 4.85. The molecule has 0 aliphatic heterocycles. The largest absolute Gasteiger partial charge is 0.496 e. The third kappa shape index (κ3) is 2.41. The van der Waals surface area contributed by atoms with Crippen molar-refractivity contribution in [3.8, 4) is 22.6 Å². The standard InChI is InChI=1S/C16H19NO3/c1-10-7-15(20-5)13(8-14(10)19-4)12-6-11(2)16(18)17(3)9-12/h6-9H,1-5H3. The van der Waals surface area contributed by atoms with Crippen LogP contribution in [0.3, 0.4) is 0 Å². The SMILES string of the molecule is COc1cc(-c2cc(C)c(=O)n(C)c2)c(OC)cc1C. The van der Waals surface area contributed by atoms with Gasteiger partial charge in [0.15, 0.2) is 0 Å². The molecule has 1 heterocycles. The maximum Gasteiger partial charge on any atom is 0.253 e. The van der Waals surface area contributed by atoms with Gasteiger partial charge in [0, 0.05) is 29.9 Å². The van der Waals surface area contributed by atoms with Crippen molar-refractivity contribution in [2.45, 2.75) is 13.8 Å². The van der Waals surface area contributed by atoms with E-state index >= 15 is 0 Å². The molecule has 0 bridgehead atoms. The Balaban J connectivity index is 2.71. The number of hydrogen-bond donors (Lipinski definition) is 0. The predicted molar refractivity (Wildman–Crippen MR) is 79.7 cm³/mol. The Bertz CT molecular complexity index is 675. The summed E-state index contributed by atoms with van der Waals surface area (Å²) < 4.78 is 12.4. The molecule has 1 aromatic carbocycles. The fraction of sp³-hybridized carbons (Fsp3) is 0.312. The van der Waals surface area contributed by atoms with Crippen LogP contribution in [0.4, 0.5) is 0 Å². The molecule has 0 saturated carbocycles. The zero-order valence-corrected chi connectivity index (χ0v) is 12.5. The van der Waals surface area contributed by atoms with Gasteiger partial charge in [0.25, 0.3) is 5.56 Å². The summed E-state index contributed by atoms with van der Waals surface area (Å²) in [4.78, 5) is 11.8. The van der Waals surface area contributed by atoms with Gasteiger partial charge in [-0.15, -0.1) is 0 Å². The fourth-order valence-electron chi connectivity index (χ4n) is 2.30. The molecular formula is C16H19NO3. The minimum absolute atomic E-state index is 0.00629. The van der Waals surface area contributed by atoms with E-state index in [4.69, 9.17) is 9.47 Å². The molecule has 2 rings (SSSR count). The van der Waals surface area contributed by atoms with Crippen molar-refractivity contribution in [1.29, 1.82) is 0 Å². The minimum atomic E-state index is 0.00629. The highest BCUT2D eigenvalue weighted by atomic mass is 16.5. The number of rotatable bonds is 3. The lowest BCUT2D eigenvalue weighted by atomic mass is 10.0. The van der Waals surface area contributed by atoms with Crippen LogP contribution in [-0.2, 0) is 7.05 Å². The summed E-state index contributed by atoms with van der Waals surface area (Å²) >= 11 is 0. The first-order chi connectivity index (χ1) is 9.47. The van der Waals surface area contributed by atoms with Crippen LogP contribution >= 0.6 is 0 Å². The predicted octanol–water partition coefficient (Wildman–Crippen LogP) is 2.69. The Hall–Kier alpha value is -2.23. The molecule has 106 valence electrons. The van der Waals surface area contributed by atoms with Crippen molar-refractivity contribution < 1.29 is 9.47 Å². The highest BCUT2D eigenvalue weighted by molar-refractivity contribution is 5.73. The molecule has 0 aliphatic carbocycles. The molecule has 4 nitrogen and oxygen atoms in total. The summed E-state index contributed by atoms with van der Waals surface area (Å²) in [7, 11) is 5.03. The molecule has 0 amide bonds. The summed E-state index contributed by atoms with van der Waals surface area (Å²) in [5.41, 5.74) is 3.56. The number of hydrogen-bond acceptors (Lipinski definition) is 3. The summed E-state index contributed by atoms with van der Waals surface area (Å²) in [5, 5.41) is 0. The first-order valence-corrected chi connectivity index (χ1v) is 6.38. The van der Waals surface area contributed by atoms with Gasteiger partial charge in [0.05, 0.1) is 14.2 Å². The minimum Gasteiger partial charge on any atom is -0.496 e. The van der Waals surface area contributed by atoms with Crippen LogP contribution in [0.2, 0.25) is 0 Å². The third-order valence-corrected chi connectivity index (χ3v) is 3.39. The second kappa shape index (κ2) is 5.41. The van der Waals surface area contributed by atoms with Gasteiger partial charge in [0.2, 0.25) is 0 Å². The first kappa shape index (κ1) is 14.2. The van der Waals surface area contributed by atoms with Crippen LogP contribution in [0.25, 0.3) is 11.1 Å². The molecule has 0 atom stereocenters. The molecule has 0 N–H and O–H groups in total. The summed E-state index contributed by atoms with van der Waals surface area (Å²) in [6.07, 6.45) is 1.81. The first-order valence-electron chi connectivity index (χ1n) is 6.38. The fourth-order valence-corrected chi connectivity index (χ4v) is 2.30. The molecule has 20 heavy (non-hydrogen) atoms. The van der Waals surface area contributed by atoms with Crippen molar-refractivity contribution in [3.05, 3.63) is 45.9 Å². The number of aromatic nitrogens is 1. The molecule has 1 aromatic heterocycles. The van der Waals surface area contributed by atoms with E-state index in [0.717, 1.165) is 28.2 Å². The van der Waals surface area contributed by atoms with Gasteiger partial charge in [-0.05, 0) is 37.6 Å². The van der Waals surface area contributed by atoms with Gasteiger partial charge in [-0.1, -0.05) is 0 Å². The van der Waals surface area contributed by atoms with Crippen molar-refractivity contribution in [1.82, 2.24) is 4.57 Å². The molecule has 0 radical (unpaired) electrons. The van der Waals surface area contributed by atoms with Gasteiger partial charge in [0.1, 0.15) is 11.5 Å². The monoisotopic (exact) mass is 273 g/mol. The molecular weight excluding hydrogens is 254 g/mol. The van der Waals surface area contributed by atoms with E-state index in [-0.39, 0.29) is 5.56 Å². The van der Waals surface area contributed by atoms with E-state index in [2.05, 4.69) is 0 Å². The number of ether oxygens (including phenoxy) is 2. The normalized spacial score (nSPS) is 10.4. The Morgan fingerprint density at radius 3 is 2.15 bits per heavy atom. The molecule has 0 saturated heterocycles. The second-order valence-corrected chi connectivity index (χ2v) is 4.85. The lowest BCUT2D eigenvalue weighted by molar-refractivity contribution is 0.402. The molecule has 2 aromatic rings. The number of nitrogens with zero attached hydrogens (tertiary/aromatic N) is 1. The highest BCUT2D eigenvalue weighted by Gasteiger charge is 2.12. The highest BCUT2D eigenvalue weighted by Crippen LogP contribution is 2.35. The summed E-state index contributed by atoms with van der Waals surface area (Å²) in [6, 6.07) is 5.75. The molecule has 0 aliphatic rings. The lowest BCUT2D eigenvalue weighted by Gasteiger charge is -2.14. The molecule has 0 spiro atoms. The third-order valence-electron chi connectivity index (χ3n) is 3.39. The van der Waals surface area contributed by atoms with Crippen molar-refractivity contribution >= 4 is 0 Å². The number of pyridine rings is 1. The average molecular weight is 273 g/mol. The van der Waals surface area contributed by atoms with Crippen molar-refractivity contribution in [2.75, 3.05) is 14.2 Å². The van der Waals surface area contributed by atoms with Gasteiger partial charge in [-0.25, -0.2) is 0 Å². The van der Waals surface area contributed by atoms with Crippen LogP contribution in [-0.4, -0.2) is 18.8 Å². The van der Waals surface area contributed by atoms with Crippen molar-refractivity contribution in [3.63, 3.8) is 0 Å². The van der Waals surface area contributed by atoms with E-state index in [1.165, 1.54) is 0 Å². The lowest BCUT2D eigenvalue weighted by Crippen LogP contribution is -2.18. The average Bonchev–Trinajstić information content (AvgIpc) is 2.43. The number of benzene rings is 1. The Morgan fingerprint density at radius 2 is 1.60 bits per heavy atom.